The summed E-state index contributed by atoms with van der Waals surface area (Å²) >= 11 is 0. The molecule has 0 saturated carbocycles. The van der Waals surface area contributed by atoms with E-state index >= 15 is 0 Å². The summed E-state index contributed by atoms with van der Waals surface area (Å²) in [6, 6.07) is 0. The van der Waals surface area contributed by atoms with E-state index in [0.717, 1.165) is 13.1 Å². The molecule has 4 heteroatoms. The van der Waals surface area contributed by atoms with Crippen molar-refractivity contribution in [2.24, 2.45) is 0 Å². The van der Waals surface area contributed by atoms with Crippen LogP contribution in [0.2, 0.25) is 0 Å². The van der Waals surface area contributed by atoms with Crippen LogP contribution in [0.1, 0.15) is 13.8 Å². The second-order valence-electron chi connectivity index (χ2n) is 3.26. The summed E-state index contributed by atoms with van der Waals surface area (Å²) in [5.74, 6) is 0. The van der Waals surface area contributed by atoms with E-state index in [2.05, 4.69) is 61.3 Å². The summed E-state index contributed by atoms with van der Waals surface area (Å²) in [4.78, 5) is 5.49. The Morgan fingerprint density at radius 2 is 1.77 bits per heavy atom. The predicted octanol–water partition coefficient (Wildman–Crippen LogP) is 0.383. The van der Waals surface area contributed by atoms with Crippen LogP contribution in [-0.2, 0) is 0 Å². The van der Waals surface area contributed by atoms with E-state index in [-0.39, 0.29) is 0 Å². The lowest BCUT2D eigenvalue weighted by atomic mass is 10.7. The molecule has 0 heterocycles. The Labute approximate surface area is 84.2 Å². The second kappa shape index (κ2) is 7.12. The first-order valence-corrected chi connectivity index (χ1v) is 6.67. The molecule has 0 bridgehead atoms. The van der Waals surface area contributed by atoms with E-state index in [1.54, 1.807) is 0 Å². The molecule has 0 saturated heterocycles. The molecule has 0 aromatic carbocycles. The largest absolute Gasteiger partial charge is 0.384 e. The highest BCUT2D eigenvalue weighted by molar-refractivity contribution is 6.58. The molecule has 1 N–H and O–H groups in total. The molecule has 0 aliphatic carbocycles. The minimum Gasteiger partial charge on any atom is -0.384 e. The molecule has 0 fully saturated rings. The van der Waals surface area contributed by atoms with E-state index in [1.165, 1.54) is 0 Å². The topological polar surface area (TPSA) is 18.5 Å². The molecule has 0 aromatic rings. The summed E-state index contributed by atoms with van der Waals surface area (Å²) < 4.78 is 2.50. The van der Waals surface area contributed by atoms with Crippen LogP contribution in [0.4, 0.5) is 0 Å². The van der Waals surface area contributed by atoms with Crippen molar-refractivity contribution in [3.8, 4) is 0 Å². The van der Waals surface area contributed by atoms with Crippen LogP contribution in [0.15, 0.2) is 11.9 Å². The fraction of sp³-hybridized carbons (Fsp3) is 0.778. The van der Waals surface area contributed by atoms with Gasteiger partial charge < -0.3 is 14.4 Å². The zero-order valence-electron chi connectivity index (χ0n) is 9.54. The van der Waals surface area contributed by atoms with Crippen LogP contribution in [0.25, 0.3) is 0 Å². The first-order valence-electron chi connectivity index (χ1n) is 4.91. The minimum absolute atomic E-state index is 1.02. The number of rotatable bonds is 6. The summed E-state index contributed by atoms with van der Waals surface area (Å²) in [6.07, 6.45) is 2.14. The van der Waals surface area contributed by atoms with Crippen LogP contribution in [-0.4, -0.2) is 52.8 Å². The summed E-state index contributed by atoms with van der Waals surface area (Å²) in [5.41, 5.74) is 2.31. The number of hydrogen-bond acceptors (Lipinski definition) is 3. The molecule has 0 aliphatic rings. The Kier molecular flexibility index (Phi) is 6.94. The number of hydrogen-bond donors (Lipinski definition) is 1. The van der Waals surface area contributed by atoms with Gasteiger partial charge in [0.25, 0.3) is 0 Å². The monoisotopic (exact) mass is 201 g/mol. The van der Waals surface area contributed by atoms with Gasteiger partial charge in [-0.1, -0.05) is 19.5 Å². The van der Waals surface area contributed by atoms with Crippen LogP contribution in [0.3, 0.4) is 0 Å². The van der Waals surface area contributed by atoms with Gasteiger partial charge in [0.1, 0.15) is 0 Å². The molecule has 0 spiro atoms. The smallest absolute Gasteiger partial charge is 0.214 e. The molecule has 13 heavy (non-hydrogen) atoms. The Morgan fingerprint density at radius 3 is 2.08 bits per heavy atom. The molecule has 0 aliphatic heterocycles. The molecular weight excluding hydrogens is 178 g/mol. The van der Waals surface area contributed by atoms with E-state index in [0.29, 0.717) is 0 Å². The van der Waals surface area contributed by atoms with E-state index < -0.39 is 9.12 Å². The lowest BCUT2D eigenvalue weighted by Gasteiger charge is -2.25. The molecule has 0 amide bonds. The van der Waals surface area contributed by atoms with Crippen molar-refractivity contribution in [2.75, 3.05) is 34.2 Å². The van der Waals surface area contributed by atoms with Crippen molar-refractivity contribution in [3.63, 3.8) is 0 Å². The summed E-state index contributed by atoms with van der Waals surface area (Å²) in [6.45, 7) is 6.69. The third-order valence-corrected chi connectivity index (χ3v) is 4.71. The van der Waals surface area contributed by atoms with Crippen molar-refractivity contribution < 1.29 is 0 Å². The zero-order valence-corrected chi connectivity index (χ0v) is 10.7. The molecule has 1 atom stereocenters. The van der Waals surface area contributed by atoms with Gasteiger partial charge in [0.05, 0.1) is 0 Å². The minimum atomic E-state index is -1.02. The molecule has 0 aromatic heterocycles. The fourth-order valence-corrected chi connectivity index (χ4v) is 3.37. The van der Waals surface area contributed by atoms with Crippen molar-refractivity contribution in [2.45, 2.75) is 13.8 Å². The van der Waals surface area contributed by atoms with Gasteiger partial charge in [-0.25, -0.2) is 0 Å². The van der Waals surface area contributed by atoms with Crippen molar-refractivity contribution in [1.29, 1.82) is 0 Å². The SMILES string of the molecule is CCN(CC)[SiH](C=CN(C)C)NC. The predicted molar refractivity (Wildman–Crippen MR) is 62.0 cm³/mol. The van der Waals surface area contributed by atoms with Gasteiger partial charge in [-0.15, -0.1) is 0 Å². The maximum Gasteiger partial charge on any atom is 0.214 e. The zero-order chi connectivity index (χ0) is 10.3. The van der Waals surface area contributed by atoms with Crippen molar-refractivity contribution >= 4 is 9.12 Å². The third kappa shape index (κ3) is 5.08. The lowest BCUT2D eigenvalue weighted by molar-refractivity contribution is 0.475. The van der Waals surface area contributed by atoms with Gasteiger partial charge in [0, 0.05) is 14.1 Å². The summed E-state index contributed by atoms with van der Waals surface area (Å²) in [7, 11) is 5.14. The first kappa shape index (κ1) is 12.7. The molecule has 3 nitrogen and oxygen atoms in total. The normalized spacial score (nSPS) is 14.0. The molecule has 1 unspecified atom stereocenters. The van der Waals surface area contributed by atoms with Crippen LogP contribution < -0.4 is 4.98 Å². The van der Waals surface area contributed by atoms with Crippen LogP contribution in [0.5, 0.6) is 0 Å². The molecular formula is C9H23N3Si. The quantitative estimate of drug-likeness (QED) is 0.627. The maximum atomic E-state index is 3.41. The van der Waals surface area contributed by atoms with Gasteiger partial charge in [-0.2, -0.15) is 0 Å². The molecule has 78 valence electrons. The van der Waals surface area contributed by atoms with Gasteiger partial charge >= 0.3 is 0 Å². The van der Waals surface area contributed by atoms with Crippen molar-refractivity contribution in [1.82, 2.24) is 14.4 Å². The number of nitrogens with one attached hydrogen (secondary N) is 1. The average molecular weight is 201 g/mol. The van der Waals surface area contributed by atoms with Crippen LogP contribution >= 0.6 is 0 Å². The van der Waals surface area contributed by atoms with Crippen LogP contribution in [0, 0.1) is 0 Å². The Morgan fingerprint density at radius 1 is 1.23 bits per heavy atom. The van der Waals surface area contributed by atoms with E-state index in [9.17, 15) is 0 Å². The molecule has 0 rings (SSSR count). The standard InChI is InChI=1S/C9H23N3Si/c1-6-12(7-2)13(10-3)9-8-11(4)5/h8-10,13H,6-7H2,1-5H3. The average Bonchev–Trinajstić information content (AvgIpc) is 2.11. The lowest BCUT2D eigenvalue weighted by Crippen LogP contribution is -2.47. The van der Waals surface area contributed by atoms with Gasteiger partial charge in [0.15, 0.2) is 0 Å². The van der Waals surface area contributed by atoms with E-state index in [1.807, 2.05) is 0 Å². The highest BCUT2D eigenvalue weighted by atomic mass is 28.3. The highest BCUT2D eigenvalue weighted by Crippen LogP contribution is 1.93. The third-order valence-electron chi connectivity index (χ3n) is 2.07. The van der Waals surface area contributed by atoms with Crippen molar-refractivity contribution in [3.05, 3.63) is 11.9 Å². The molecule has 0 radical (unpaired) electrons. The summed E-state index contributed by atoms with van der Waals surface area (Å²) in [5, 5.41) is 0. The van der Waals surface area contributed by atoms with Gasteiger partial charge in [-0.05, 0) is 26.3 Å². The maximum absolute atomic E-state index is 3.41. The first-order chi connectivity index (χ1) is 6.15. The Bertz CT molecular complexity index is 144. The van der Waals surface area contributed by atoms with E-state index in [4.69, 9.17) is 0 Å². The number of nitrogens with zero attached hydrogens (tertiary/aromatic N) is 2. The van der Waals surface area contributed by atoms with Gasteiger partial charge in [0.2, 0.25) is 9.12 Å². The fourth-order valence-electron chi connectivity index (χ4n) is 1.27. The second-order valence-corrected chi connectivity index (χ2v) is 5.84. The highest BCUT2D eigenvalue weighted by Gasteiger charge is 2.11. The Balaban J connectivity index is 4.14. The Hall–Kier alpha value is -0.323. The van der Waals surface area contributed by atoms with Gasteiger partial charge in [-0.3, -0.25) is 0 Å².